The summed E-state index contributed by atoms with van der Waals surface area (Å²) in [7, 11) is 2.20. The van der Waals surface area contributed by atoms with Gasteiger partial charge in [-0.2, -0.15) is 0 Å². The minimum Gasteiger partial charge on any atom is -0.327 e. The Morgan fingerprint density at radius 1 is 1.46 bits per heavy atom. The summed E-state index contributed by atoms with van der Waals surface area (Å²) in [5, 5.41) is 0. The molecule has 0 spiro atoms. The normalized spacial score (nSPS) is 21.9. The van der Waals surface area contributed by atoms with E-state index in [0.717, 1.165) is 12.5 Å². The van der Waals surface area contributed by atoms with Crippen LogP contribution in [0.3, 0.4) is 0 Å². The van der Waals surface area contributed by atoms with Gasteiger partial charge in [-0.05, 0) is 52.1 Å². The van der Waals surface area contributed by atoms with Crippen molar-refractivity contribution in [2.24, 2.45) is 11.7 Å². The Kier molecular flexibility index (Phi) is 4.20. The van der Waals surface area contributed by atoms with E-state index in [9.17, 15) is 0 Å². The van der Waals surface area contributed by atoms with Crippen molar-refractivity contribution in [2.75, 3.05) is 13.6 Å². The van der Waals surface area contributed by atoms with Crippen LogP contribution >= 0.6 is 0 Å². The second-order valence-corrected chi connectivity index (χ2v) is 4.53. The first-order valence-corrected chi connectivity index (χ1v) is 5.61. The summed E-state index contributed by atoms with van der Waals surface area (Å²) in [5.74, 6) is 0.852. The van der Waals surface area contributed by atoms with E-state index >= 15 is 0 Å². The van der Waals surface area contributed by atoms with E-state index < -0.39 is 0 Å². The van der Waals surface area contributed by atoms with Crippen LogP contribution in [0.4, 0.5) is 0 Å². The van der Waals surface area contributed by atoms with E-state index in [1.165, 1.54) is 25.7 Å². The molecule has 0 aromatic heterocycles. The largest absolute Gasteiger partial charge is 0.327 e. The van der Waals surface area contributed by atoms with Crippen LogP contribution in [0.15, 0.2) is 0 Å². The molecule has 1 fully saturated rings. The second kappa shape index (κ2) is 4.97. The fourth-order valence-corrected chi connectivity index (χ4v) is 1.64. The first-order valence-electron chi connectivity index (χ1n) is 5.61. The van der Waals surface area contributed by atoms with Gasteiger partial charge in [0.1, 0.15) is 0 Å². The average Bonchev–Trinajstić information content (AvgIpc) is 2.95. The summed E-state index contributed by atoms with van der Waals surface area (Å²) in [4.78, 5) is 2.42. The van der Waals surface area contributed by atoms with Gasteiger partial charge in [-0.25, -0.2) is 0 Å². The highest BCUT2D eigenvalue weighted by Crippen LogP contribution is 2.32. The van der Waals surface area contributed by atoms with Gasteiger partial charge >= 0.3 is 0 Å². The highest BCUT2D eigenvalue weighted by Gasteiger charge is 2.28. The van der Waals surface area contributed by atoms with Crippen molar-refractivity contribution in [2.45, 2.75) is 51.6 Å². The lowest BCUT2D eigenvalue weighted by atomic mass is 10.1. The first kappa shape index (κ1) is 11.0. The molecule has 2 unspecified atom stereocenters. The van der Waals surface area contributed by atoms with Crippen molar-refractivity contribution < 1.29 is 0 Å². The summed E-state index contributed by atoms with van der Waals surface area (Å²) in [6, 6.07) is 1.16. The van der Waals surface area contributed by atoms with Crippen LogP contribution in [-0.4, -0.2) is 30.6 Å². The molecule has 2 N–H and O–H groups in total. The van der Waals surface area contributed by atoms with Crippen molar-refractivity contribution >= 4 is 0 Å². The third-order valence-corrected chi connectivity index (χ3v) is 3.39. The zero-order valence-electron chi connectivity index (χ0n) is 9.29. The Balaban J connectivity index is 2.09. The summed E-state index contributed by atoms with van der Waals surface area (Å²) in [5.41, 5.74) is 6.04. The Hall–Kier alpha value is -0.0800. The number of nitrogens with two attached hydrogens (primary N) is 1. The molecule has 78 valence electrons. The monoisotopic (exact) mass is 184 g/mol. The van der Waals surface area contributed by atoms with Gasteiger partial charge in [0.15, 0.2) is 0 Å². The molecular weight excluding hydrogens is 160 g/mol. The second-order valence-electron chi connectivity index (χ2n) is 4.53. The maximum atomic E-state index is 6.04. The predicted molar refractivity (Wildman–Crippen MR) is 57.7 cm³/mol. The molecule has 0 aromatic rings. The topological polar surface area (TPSA) is 29.3 Å². The van der Waals surface area contributed by atoms with Gasteiger partial charge in [-0.3, -0.25) is 0 Å². The molecule has 1 saturated carbocycles. The van der Waals surface area contributed by atoms with Crippen molar-refractivity contribution in [1.82, 2.24) is 4.90 Å². The molecule has 2 nitrogen and oxygen atoms in total. The first-order chi connectivity index (χ1) is 6.15. The number of hydrogen-bond acceptors (Lipinski definition) is 2. The summed E-state index contributed by atoms with van der Waals surface area (Å²) >= 11 is 0. The highest BCUT2D eigenvalue weighted by molar-refractivity contribution is 4.84. The third-order valence-electron chi connectivity index (χ3n) is 3.39. The Morgan fingerprint density at radius 3 is 2.54 bits per heavy atom. The zero-order valence-corrected chi connectivity index (χ0v) is 9.29. The van der Waals surface area contributed by atoms with Gasteiger partial charge < -0.3 is 10.6 Å². The maximum absolute atomic E-state index is 6.04. The molecule has 0 bridgehead atoms. The standard InChI is InChI=1S/C11H24N2/c1-4-9(2)13(3)8-7-11(12)10-5-6-10/h9-11H,4-8,12H2,1-3H3. The lowest BCUT2D eigenvalue weighted by molar-refractivity contribution is 0.240. The van der Waals surface area contributed by atoms with Crippen LogP contribution < -0.4 is 5.73 Å². The lowest BCUT2D eigenvalue weighted by Crippen LogP contribution is -2.34. The molecule has 2 heteroatoms. The SMILES string of the molecule is CCC(C)N(C)CCC(N)C1CC1. The Morgan fingerprint density at radius 2 is 2.08 bits per heavy atom. The van der Waals surface area contributed by atoms with Gasteiger partial charge in [0.2, 0.25) is 0 Å². The molecule has 1 rings (SSSR count). The van der Waals surface area contributed by atoms with Crippen molar-refractivity contribution in [3.63, 3.8) is 0 Å². The van der Waals surface area contributed by atoms with Gasteiger partial charge in [-0.15, -0.1) is 0 Å². The molecular formula is C11H24N2. The van der Waals surface area contributed by atoms with E-state index in [2.05, 4.69) is 25.8 Å². The van der Waals surface area contributed by atoms with E-state index in [4.69, 9.17) is 5.73 Å². The van der Waals surface area contributed by atoms with Crippen molar-refractivity contribution in [1.29, 1.82) is 0 Å². The van der Waals surface area contributed by atoms with Gasteiger partial charge in [0.25, 0.3) is 0 Å². The van der Waals surface area contributed by atoms with Crippen LogP contribution in [-0.2, 0) is 0 Å². The average molecular weight is 184 g/mol. The van der Waals surface area contributed by atoms with Crippen molar-refractivity contribution in [3.8, 4) is 0 Å². The molecule has 0 aliphatic heterocycles. The number of rotatable bonds is 6. The zero-order chi connectivity index (χ0) is 9.84. The fourth-order valence-electron chi connectivity index (χ4n) is 1.64. The van der Waals surface area contributed by atoms with Gasteiger partial charge in [0, 0.05) is 12.1 Å². The molecule has 0 saturated heterocycles. The van der Waals surface area contributed by atoms with Crippen LogP contribution in [0.25, 0.3) is 0 Å². The van der Waals surface area contributed by atoms with E-state index in [-0.39, 0.29) is 0 Å². The predicted octanol–water partition coefficient (Wildman–Crippen LogP) is 1.84. The maximum Gasteiger partial charge on any atom is 0.00793 e. The third kappa shape index (κ3) is 3.65. The van der Waals surface area contributed by atoms with E-state index in [1.54, 1.807) is 0 Å². The molecule has 0 amide bonds. The number of hydrogen-bond donors (Lipinski definition) is 1. The van der Waals surface area contributed by atoms with Crippen molar-refractivity contribution in [3.05, 3.63) is 0 Å². The van der Waals surface area contributed by atoms with E-state index in [0.29, 0.717) is 12.1 Å². The molecule has 2 atom stereocenters. The van der Waals surface area contributed by atoms with Crippen LogP contribution in [0.2, 0.25) is 0 Å². The molecule has 0 radical (unpaired) electrons. The summed E-state index contributed by atoms with van der Waals surface area (Å²) < 4.78 is 0. The summed E-state index contributed by atoms with van der Waals surface area (Å²) in [6.07, 6.45) is 5.14. The lowest BCUT2D eigenvalue weighted by Gasteiger charge is -2.24. The van der Waals surface area contributed by atoms with Crippen LogP contribution in [0.1, 0.15) is 39.5 Å². The highest BCUT2D eigenvalue weighted by atomic mass is 15.1. The van der Waals surface area contributed by atoms with E-state index in [1.807, 2.05) is 0 Å². The minimum atomic E-state index is 0.464. The minimum absolute atomic E-state index is 0.464. The molecule has 13 heavy (non-hydrogen) atoms. The van der Waals surface area contributed by atoms with Gasteiger partial charge in [-0.1, -0.05) is 6.92 Å². The van der Waals surface area contributed by atoms with Crippen LogP contribution in [0.5, 0.6) is 0 Å². The van der Waals surface area contributed by atoms with Crippen LogP contribution in [0, 0.1) is 5.92 Å². The van der Waals surface area contributed by atoms with Gasteiger partial charge in [0.05, 0.1) is 0 Å². The summed E-state index contributed by atoms with van der Waals surface area (Å²) in [6.45, 7) is 5.68. The fraction of sp³-hybridized carbons (Fsp3) is 1.00. The molecule has 0 heterocycles. The Labute approximate surface area is 82.5 Å². The Bertz CT molecular complexity index is 143. The smallest absolute Gasteiger partial charge is 0.00793 e. The molecule has 0 aromatic carbocycles. The molecule has 1 aliphatic carbocycles. The quantitative estimate of drug-likeness (QED) is 0.682. The number of nitrogens with zero attached hydrogens (tertiary/aromatic N) is 1. The molecule has 1 aliphatic rings.